The summed E-state index contributed by atoms with van der Waals surface area (Å²) in [7, 11) is 1.97. The minimum absolute atomic E-state index is 0.0565. The lowest BCUT2D eigenvalue weighted by Gasteiger charge is -2.20. The maximum atomic E-state index is 12.4. The number of ether oxygens (including phenoxy) is 2. The highest BCUT2D eigenvalue weighted by Crippen LogP contribution is 2.67. The summed E-state index contributed by atoms with van der Waals surface area (Å²) in [5.41, 5.74) is 3.22. The molecule has 2 heterocycles. The molecule has 0 radical (unpaired) electrons. The van der Waals surface area contributed by atoms with Gasteiger partial charge in [-0.3, -0.25) is 0 Å². The number of methoxy groups -OCH3 is 2. The SMILES string of the molecule is COC(=O)C1=C(C(=O)OC)[C@@H]2C(C)=C(C)[C@H]1P2c1ccccc1. The van der Waals surface area contributed by atoms with Gasteiger partial charge in [0, 0.05) is 11.3 Å². The van der Waals surface area contributed by atoms with E-state index in [9.17, 15) is 9.59 Å². The maximum absolute atomic E-state index is 12.4. The van der Waals surface area contributed by atoms with E-state index in [1.807, 2.05) is 18.2 Å². The zero-order chi connectivity index (χ0) is 16.7. The van der Waals surface area contributed by atoms with Gasteiger partial charge in [0.1, 0.15) is 0 Å². The van der Waals surface area contributed by atoms with Crippen molar-refractivity contribution >= 4 is 25.2 Å². The molecular weight excluding hydrogens is 311 g/mol. The van der Waals surface area contributed by atoms with E-state index in [1.54, 1.807) is 0 Å². The zero-order valence-corrected chi connectivity index (χ0v) is 14.5. The lowest BCUT2D eigenvalue weighted by atomic mass is 9.87. The van der Waals surface area contributed by atoms with Crippen LogP contribution in [0.3, 0.4) is 0 Å². The van der Waals surface area contributed by atoms with Gasteiger partial charge in [-0.1, -0.05) is 49.4 Å². The van der Waals surface area contributed by atoms with Crippen molar-refractivity contribution in [3.63, 3.8) is 0 Å². The summed E-state index contributed by atoms with van der Waals surface area (Å²) in [5, 5.41) is 1.19. The quantitative estimate of drug-likeness (QED) is 0.485. The predicted octanol–water partition coefficient (Wildman–Crippen LogP) is 2.54. The number of rotatable bonds is 3. The number of carbonyl (C=O) groups is 2. The third-order valence-electron chi connectivity index (χ3n) is 4.70. The van der Waals surface area contributed by atoms with Gasteiger partial charge in [-0.15, -0.1) is 0 Å². The van der Waals surface area contributed by atoms with Crippen molar-refractivity contribution in [1.82, 2.24) is 0 Å². The Morgan fingerprint density at radius 3 is 1.70 bits per heavy atom. The van der Waals surface area contributed by atoms with E-state index in [-0.39, 0.29) is 11.3 Å². The van der Waals surface area contributed by atoms with Gasteiger partial charge in [-0.2, -0.15) is 0 Å². The Kier molecular flexibility index (Phi) is 4.11. The maximum Gasteiger partial charge on any atom is 0.335 e. The Balaban J connectivity index is 2.17. The number of hydrogen-bond donors (Lipinski definition) is 0. The van der Waals surface area contributed by atoms with Crippen LogP contribution in [0.1, 0.15) is 13.8 Å². The highest BCUT2D eigenvalue weighted by atomic mass is 31.1. The molecule has 2 aliphatic rings. The molecule has 2 bridgehead atoms. The fraction of sp³-hybridized carbons (Fsp3) is 0.333. The third-order valence-corrected chi connectivity index (χ3v) is 8.00. The van der Waals surface area contributed by atoms with Gasteiger partial charge < -0.3 is 9.47 Å². The van der Waals surface area contributed by atoms with Crippen molar-refractivity contribution in [1.29, 1.82) is 0 Å². The van der Waals surface area contributed by atoms with Crippen molar-refractivity contribution in [2.75, 3.05) is 14.2 Å². The third kappa shape index (κ3) is 2.24. The van der Waals surface area contributed by atoms with Crippen LogP contribution in [0, 0.1) is 0 Å². The summed E-state index contributed by atoms with van der Waals surface area (Å²) in [6, 6.07) is 10.1. The molecule has 3 atom stereocenters. The van der Waals surface area contributed by atoms with Gasteiger partial charge in [0.25, 0.3) is 0 Å². The van der Waals surface area contributed by atoms with Crippen LogP contribution in [0.5, 0.6) is 0 Å². The number of benzene rings is 1. The second-order valence-electron chi connectivity index (χ2n) is 5.72. The van der Waals surface area contributed by atoms with Crippen LogP contribution in [0.2, 0.25) is 0 Å². The number of fused-ring (bicyclic) bond motifs is 2. The van der Waals surface area contributed by atoms with E-state index >= 15 is 0 Å². The van der Waals surface area contributed by atoms with E-state index in [0.717, 1.165) is 0 Å². The number of carbonyl (C=O) groups excluding carboxylic acids is 2. The van der Waals surface area contributed by atoms with Crippen LogP contribution >= 0.6 is 7.92 Å². The normalized spacial score (nSPS) is 25.8. The molecule has 120 valence electrons. The van der Waals surface area contributed by atoms with E-state index in [1.165, 1.54) is 30.7 Å². The van der Waals surface area contributed by atoms with Crippen molar-refractivity contribution in [3.05, 3.63) is 52.6 Å². The average molecular weight is 330 g/mol. The van der Waals surface area contributed by atoms with Gasteiger partial charge in [-0.25, -0.2) is 9.59 Å². The second-order valence-corrected chi connectivity index (χ2v) is 8.09. The summed E-state index contributed by atoms with van der Waals surface area (Å²) in [4.78, 5) is 24.7. The van der Waals surface area contributed by atoms with Gasteiger partial charge >= 0.3 is 11.9 Å². The van der Waals surface area contributed by atoms with Crippen molar-refractivity contribution in [2.45, 2.75) is 25.2 Å². The molecule has 0 spiro atoms. The van der Waals surface area contributed by atoms with Gasteiger partial charge in [0.2, 0.25) is 0 Å². The van der Waals surface area contributed by atoms with Crippen LogP contribution in [0.25, 0.3) is 0 Å². The van der Waals surface area contributed by atoms with E-state index in [0.29, 0.717) is 11.1 Å². The molecule has 0 aromatic heterocycles. The Morgan fingerprint density at radius 2 is 1.30 bits per heavy atom. The topological polar surface area (TPSA) is 52.6 Å². The van der Waals surface area contributed by atoms with E-state index in [2.05, 4.69) is 26.0 Å². The molecule has 5 heteroatoms. The summed E-state index contributed by atoms with van der Waals surface area (Å²) in [6.45, 7) is 4.10. The highest BCUT2D eigenvalue weighted by molar-refractivity contribution is 7.69. The first-order chi connectivity index (χ1) is 11.0. The van der Waals surface area contributed by atoms with E-state index in [4.69, 9.17) is 9.47 Å². The molecule has 1 unspecified atom stereocenters. The van der Waals surface area contributed by atoms with Crippen molar-refractivity contribution in [2.24, 2.45) is 0 Å². The molecule has 0 N–H and O–H groups in total. The Morgan fingerprint density at radius 1 is 0.870 bits per heavy atom. The Bertz CT molecular complexity index is 691. The van der Waals surface area contributed by atoms with Crippen molar-refractivity contribution in [3.8, 4) is 0 Å². The number of hydrogen-bond acceptors (Lipinski definition) is 4. The smallest absolute Gasteiger partial charge is 0.335 e. The first-order valence-electron chi connectivity index (χ1n) is 7.44. The zero-order valence-electron chi connectivity index (χ0n) is 13.6. The van der Waals surface area contributed by atoms with Gasteiger partial charge in [0.15, 0.2) is 0 Å². The number of esters is 2. The van der Waals surface area contributed by atoms with Crippen LogP contribution in [0.4, 0.5) is 0 Å². The summed E-state index contributed by atoms with van der Waals surface area (Å²) in [5.74, 6) is -0.846. The first kappa shape index (κ1) is 15.9. The van der Waals surface area contributed by atoms with Crippen LogP contribution in [0.15, 0.2) is 52.6 Å². The summed E-state index contributed by atoms with van der Waals surface area (Å²) >= 11 is 0. The Labute approximate surface area is 136 Å². The molecular formula is C18H19O4P. The Hall–Kier alpha value is -1.93. The minimum atomic E-state index is -0.735. The lowest BCUT2D eigenvalue weighted by Crippen LogP contribution is -2.24. The standard InChI is InChI=1S/C18H19O4P/c1-10-11(2)16-14(18(20)22-4)13(17(19)21-3)15(10)23(16)12-8-6-5-7-9-12/h5-9,15-16H,1-4H3/t15-,16+,23?. The molecule has 23 heavy (non-hydrogen) atoms. The minimum Gasteiger partial charge on any atom is -0.466 e. The molecule has 1 aromatic carbocycles. The fourth-order valence-electron chi connectivity index (χ4n) is 3.56. The van der Waals surface area contributed by atoms with Gasteiger partial charge in [0.05, 0.1) is 25.4 Å². The molecule has 0 amide bonds. The molecule has 0 saturated carbocycles. The fourth-order valence-corrected chi connectivity index (χ4v) is 7.26. The molecule has 1 aromatic rings. The summed E-state index contributed by atoms with van der Waals surface area (Å²) < 4.78 is 9.93. The largest absolute Gasteiger partial charge is 0.466 e. The van der Waals surface area contributed by atoms with Crippen molar-refractivity contribution < 1.29 is 19.1 Å². The molecule has 3 rings (SSSR count). The molecule has 0 aliphatic carbocycles. The van der Waals surface area contributed by atoms with Crippen LogP contribution in [-0.4, -0.2) is 37.5 Å². The number of allylic oxidation sites excluding steroid dienone is 2. The van der Waals surface area contributed by atoms with Crippen LogP contribution < -0.4 is 5.30 Å². The summed E-state index contributed by atoms with van der Waals surface area (Å²) in [6.07, 6.45) is 0. The predicted molar refractivity (Wildman–Crippen MR) is 90.0 cm³/mol. The molecule has 0 fully saturated rings. The first-order valence-corrected chi connectivity index (χ1v) is 8.92. The monoisotopic (exact) mass is 330 g/mol. The molecule has 2 aliphatic heterocycles. The highest BCUT2D eigenvalue weighted by Gasteiger charge is 2.54. The van der Waals surface area contributed by atoms with Crippen LogP contribution in [-0.2, 0) is 19.1 Å². The second kappa shape index (κ2) is 5.93. The lowest BCUT2D eigenvalue weighted by molar-refractivity contribution is -0.139. The average Bonchev–Trinajstić information content (AvgIpc) is 3.06. The van der Waals surface area contributed by atoms with Gasteiger partial charge in [-0.05, 0) is 19.2 Å². The van der Waals surface area contributed by atoms with E-state index < -0.39 is 19.9 Å². The molecule has 4 nitrogen and oxygen atoms in total. The molecule has 0 saturated heterocycles.